The van der Waals surface area contributed by atoms with Crippen molar-refractivity contribution >= 4 is 50.2 Å². The highest BCUT2D eigenvalue weighted by Crippen LogP contribution is 2.33. The van der Waals surface area contributed by atoms with Gasteiger partial charge in [-0.2, -0.15) is 0 Å². The Morgan fingerprint density at radius 2 is 1.93 bits per heavy atom. The lowest BCUT2D eigenvalue weighted by molar-refractivity contribution is 0.102. The zero-order chi connectivity index (χ0) is 21.1. The van der Waals surface area contributed by atoms with Gasteiger partial charge in [-0.3, -0.25) is 4.79 Å². The average Bonchev–Trinajstić information content (AvgIpc) is 3.17. The van der Waals surface area contributed by atoms with Crippen LogP contribution in [0.2, 0.25) is 5.02 Å². The van der Waals surface area contributed by atoms with Gasteiger partial charge >= 0.3 is 0 Å². The van der Waals surface area contributed by atoms with Gasteiger partial charge in [0.2, 0.25) is 5.89 Å². The van der Waals surface area contributed by atoms with Crippen molar-refractivity contribution < 1.29 is 13.9 Å². The lowest BCUT2D eigenvalue weighted by atomic mass is 10.2. The van der Waals surface area contributed by atoms with Crippen LogP contribution in [0, 0.1) is 0 Å². The topological polar surface area (TPSA) is 64.4 Å². The molecule has 0 atom stereocenters. The Bertz CT molecular complexity index is 1210. The number of aromatic nitrogens is 1. The number of carbonyl (C=O) groups excluding carboxylic acids is 1. The smallest absolute Gasteiger partial charge is 0.255 e. The van der Waals surface area contributed by atoms with Gasteiger partial charge in [0.25, 0.3) is 5.91 Å². The highest BCUT2D eigenvalue weighted by molar-refractivity contribution is 9.10. The molecule has 1 heterocycles. The molecule has 1 amide bonds. The summed E-state index contributed by atoms with van der Waals surface area (Å²) in [6.07, 6.45) is 0.933. The fraction of sp³-hybridized carbons (Fsp3) is 0.130. The summed E-state index contributed by atoms with van der Waals surface area (Å²) in [7, 11) is 0. The van der Waals surface area contributed by atoms with Crippen molar-refractivity contribution in [3.8, 4) is 17.2 Å². The minimum absolute atomic E-state index is 0.213. The second-order valence-corrected chi connectivity index (χ2v) is 7.98. The van der Waals surface area contributed by atoms with E-state index >= 15 is 0 Å². The highest BCUT2D eigenvalue weighted by Gasteiger charge is 2.14. The maximum atomic E-state index is 12.6. The molecule has 0 unspecified atom stereocenters. The fourth-order valence-electron chi connectivity index (χ4n) is 2.91. The molecule has 1 aromatic heterocycles. The van der Waals surface area contributed by atoms with E-state index in [1.807, 2.05) is 19.1 Å². The van der Waals surface area contributed by atoms with Crippen LogP contribution < -0.4 is 10.1 Å². The monoisotopic (exact) mass is 484 g/mol. The summed E-state index contributed by atoms with van der Waals surface area (Å²) in [6.45, 7) is 2.69. The summed E-state index contributed by atoms with van der Waals surface area (Å²) < 4.78 is 12.3. The number of nitrogens with zero attached hydrogens (tertiary/aromatic N) is 1. The van der Waals surface area contributed by atoms with Crippen LogP contribution in [0.15, 0.2) is 69.6 Å². The maximum Gasteiger partial charge on any atom is 0.255 e. The van der Waals surface area contributed by atoms with Crippen molar-refractivity contribution in [1.82, 2.24) is 4.98 Å². The van der Waals surface area contributed by atoms with Gasteiger partial charge < -0.3 is 14.5 Å². The van der Waals surface area contributed by atoms with Crippen molar-refractivity contribution in [3.63, 3.8) is 0 Å². The molecule has 1 N–H and O–H groups in total. The lowest BCUT2D eigenvalue weighted by Crippen LogP contribution is -2.11. The Hall–Kier alpha value is -2.83. The van der Waals surface area contributed by atoms with E-state index in [1.165, 1.54) is 0 Å². The standard InChI is InChI=1S/C23H18BrClN2O3/c1-2-11-29-17-7-3-14(4-8-17)22(28)26-16-6-10-21-20(13-16)27-23(30-21)18-12-15(24)5-9-19(18)25/h3-10,12-13H,2,11H2,1H3,(H,26,28). The maximum absolute atomic E-state index is 12.6. The molecule has 0 saturated heterocycles. The van der Waals surface area contributed by atoms with Crippen LogP contribution in [0.1, 0.15) is 23.7 Å². The van der Waals surface area contributed by atoms with Gasteiger partial charge in [0.05, 0.1) is 17.2 Å². The third-order valence-corrected chi connectivity index (χ3v) is 5.22. The molecule has 152 valence electrons. The number of oxazole rings is 1. The molecule has 0 aliphatic rings. The largest absolute Gasteiger partial charge is 0.494 e. The van der Waals surface area contributed by atoms with Crippen LogP contribution in [-0.2, 0) is 0 Å². The normalized spacial score (nSPS) is 10.9. The molecule has 0 bridgehead atoms. The Kier molecular flexibility index (Phi) is 6.06. The molecule has 5 nitrogen and oxygen atoms in total. The Balaban J connectivity index is 1.53. The number of nitrogens with one attached hydrogen (secondary N) is 1. The molecule has 4 aromatic rings. The third-order valence-electron chi connectivity index (χ3n) is 4.39. The fourth-order valence-corrected chi connectivity index (χ4v) is 3.47. The van der Waals surface area contributed by atoms with E-state index in [2.05, 4.69) is 26.2 Å². The number of halogens is 2. The van der Waals surface area contributed by atoms with Crippen molar-refractivity contribution in [2.75, 3.05) is 11.9 Å². The quantitative estimate of drug-likeness (QED) is 0.321. The van der Waals surface area contributed by atoms with E-state index in [0.717, 1.165) is 16.6 Å². The minimum Gasteiger partial charge on any atom is -0.494 e. The second-order valence-electron chi connectivity index (χ2n) is 6.65. The predicted molar refractivity (Wildman–Crippen MR) is 122 cm³/mol. The highest BCUT2D eigenvalue weighted by atomic mass is 79.9. The molecular weight excluding hydrogens is 468 g/mol. The predicted octanol–water partition coefficient (Wildman–Crippen LogP) is 6.95. The first kappa shape index (κ1) is 20.4. The van der Waals surface area contributed by atoms with Crippen LogP contribution in [0.4, 0.5) is 5.69 Å². The number of carbonyl (C=O) groups is 1. The van der Waals surface area contributed by atoms with E-state index in [1.54, 1.807) is 48.5 Å². The molecule has 0 radical (unpaired) electrons. The van der Waals surface area contributed by atoms with E-state index < -0.39 is 0 Å². The van der Waals surface area contributed by atoms with Gasteiger partial charge in [-0.05, 0) is 67.1 Å². The second kappa shape index (κ2) is 8.90. The first-order chi connectivity index (χ1) is 14.5. The van der Waals surface area contributed by atoms with E-state index in [4.69, 9.17) is 20.8 Å². The number of benzene rings is 3. The molecule has 4 rings (SSSR count). The number of ether oxygens (including phenoxy) is 1. The van der Waals surface area contributed by atoms with E-state index in [9.17, 15) is 4.79 Å². The van der Waals surface area contributed by atoms with Crippen molar-refractivity contribution in [3.05, 3.63) is 75.7 Å². The number of rotatable bonds is 6. The summed E-state index contributed by atoms with van der Waals surface area (Å²) >= 11 is 9.71. The number of hydrogen-bond acceptors (Lipinski definition) is 4. The summed E-state index contributed by atoms with van der Waals surface area (Å²) in [5, 5.41) is 3.43. The van der Waals surface area contributed by atoms with Crippen LogP contribution in [0.25, 0.3) is 22.6 Å². The van der Waals surface area contributed by atoms with Gasteiger partial charge in [0, 0.05) is 15.7 Å². The van der Waals surface area contributed by atoms with Crippen molar-refractivity contribution in [2.24, 2.45) is 0 Å². The van der Waals surface area contributed by atoms with Gasteiger partial charge in [-0.1, -0.05) is 34.5 Å². The van der Waals surface area contributed by atoms with E-state index in [-0.39, 0.29) is 5.91 Å². The zero-order valence-electron chi connectivity index (χ0n) is 16.1. The molecule has 3 aromatic carbocycles. The number of amides is 1. The Labute approximate surface area is 187 Å². The first-order valence-corrected chi connectivity index (χ1v) is 10.6. The van der Waals surface area contributed by atoms with Gasteiger partial charge in [-0.25, -0.2) is 4.98 Å². The van der Waals surface area contributed by atoms with Gasteiger partial charge in [0.15, 0.2) is 5.58 Å². The SMILES string of the molecule is CCCOc1ccc(C(=O)Nc2ccc3oc(-c4cc(Br)ccc4Cl)nc3c2)cc1. The van der Waals surface area contributed by atoms with E-state index in [0.29, 0.717) is 45.4 Å². The Morgan fingerprint density at radius 1 is 1.13 bits per heavy atom. The van der Waals surface area contributed by atoms with Crippen molar-refractivity contribution in [2.45, 2.75) is 13.3 Å². The molecular formula is C23H18BrClN2O3. The first-order valence-electron chi connectivity index (χ1n) is 9.43. The summed E-state index contributed by atoms with van der Waals surface area (Å²) in [6, 6.07) is 17.9. The average molecular weight is 486 g/mol. The molecule has 0 saturated carbocycles. The molecule has 0 spiro atoms. The van der Waals surface area contributed by atoms with Gasteiger partial charge in [-0.15, -0.1) is 0 Å². The molecule has 30 heavy (non-hydrogen) atoms. The molecule has 7 heteroatoms. The molecule has 0 fully saturated rings. The zero-order valence-corrected chi connectivity index (χ0v) is 18.5. The molecule has 0 aliphatic carbocycles. The summed E-state index contributed by atoms with van der Waals surface area (Å²) in [5.74, 6) is 0.953. The van der Waals surface area contributed by atoms with Crippen molar-refractivity contribution in [1.29, 1.82) is 0 Å². The van der Waals surface area contributed by atoms with Crippen LogP contribution in [-0.4, -0.2) is 17.5 Å². The minimum atomic E-state index is -0.213. The number of fused-ring (bicyclic) bond motifs is 1. The molecule has 0 aliphatic heterocycles. The lowest BCUT2D eigenvalue weighted by Gasteiger charge is -2.07. The van der Waals surface area contributed by atoms with Gasteiger partial charge in [0.1, 0.15) is 11.3 Å². The van der Waals surface area contributed by atoms with Crippen LogP contribution >= 0.6 is 27.5 Å². The third kappa shape index (κ3) is 4.50. The van der Waals surface area contributed by atoms with Crippen LogP contribution in [0.5, 0.6) is 5.75 Å². The summed E-state index contributed by atoms with van der Waals surface area (Å²) in [5.41, 5.74) is 3.09. The summed E-state index contributed by atoms with van der Waals surface area (Å²) in [4.78, 5) is 17.1. The van der Waals surface area contributed by atoms with Crippen LogP contribution in [0.3, 0.4) is 0 Å². The number of anilines is 1. The number of hydrogen-bond donors (Lipinski definition) is 1. The Morgan fingerprint density at radius 3 is 2.70 bits per heavy atom.